The first kappa shape index (κ1) is 31.4. The molecule has 7 nitrogen and oxygen atoms in total. The van der Waals surface area contributed by atoms with E-state index in [1.165, 1.54) is 12.8 Å². The summed E-state index contributed by atoms with van der Waals surface area (Å²) in [4.78, 5) is 0. The largest absolute Gasteiger partial charge is 0.394 e. The summed E-state index contributed by atoms with van der Waals surface area (Å²) >= 11 is 0. The lowest BCUT2D eigenvalue weighted by Gasteiger charge is -2.03. The van der Waals surface area contributed by atoms with E-state index in [0.717, 1.165) is 58.7 Å². The Kier molecular flexibility index (Phi) is 42.6. The van der Waals surface area contributed by atoms with E-state index in [1.807, 2.05) is 0 Å². The molecule has 0 aromatic rings. The molecule has 0 radical (unpaired) electrons. The fourth-order valence-electron chi connectivity index (χ4n) is 1.46. The third kappa shape index (κ3) is 46.1. The zero-order valence-corrected chi connectivity index (χ0v) is 18.0. The van der Waals surface area contributed by atoms with Crippen LogP contribution >= 0.6 is 0 Å². The first-order valence-electron chi connectivity index (χ1n) is 10.4. The van der Waals surface area contributed by atoms with Gasteiger partial charge in [-0.2, -0.15) is 0 Å². The van der Waals surface area contributed by atoms with Gasteiger partial charge in [0, 0.05) is 19.8 Å². The Morgan fingerprint density at radius 3 is 0.926 bits per heavy atom. The minimum Gasteiger partial charge on any atom is -0.394 e. The predicted octanol–water partition coefficient (Wildman–Crippen LogP) is 2.40. The average molecular weight is 399 g/mol. The van der Waals surface area contributed by atoms with Crippen LogP contribution in [0.4, 0.5) is 0 Å². The normalized spacial score (nSPS) is 10.0. The number of aliphatic hydroxyl groups excluding tert-OH is 3. The molecule has 0 atom stereocenters. The molecule has 0 unspecified atom stereocenters. The lowest BCUT2D eigenvalue weighted by molar-refractivity contribution is 0.0457. The van der Waals surface area contributed by atoms with E-state index >= 15 is 0 Å². The molecule has 0 aliphatic heterocycles. The lowest BCUT2D eigenvalue weighted by atomic mass is 10.4. The van der Waals surface area contributed by atoms with Crippen LogP contribution in [0, 0.1) is 0 Å². The molecule has 0 heterocycles. The first-order valence-corrected chi connectivity index (χ1v) is 10.4. The fourth-order valence-corrected chi connectivity index (χ4v) is 1.46. The molecule has 0 aromatic heterocycles. The molecule has 0 aliphatic rings. The number of hydrogen-bond acceptors (Lipinski definition) is 7. The van der Waals surface area contributed by atoms with Crippen molar-refractivity contribution in [3.63, 3.8) is 0 Å². The molecule has 27 heavy (non-hydrogen) atoms. The highest BCUT2D eigenvalue weighted by Gasteiger charge is 1.88. The maximum atomic E-state index is 8.24. The van der Waals surface area contributed by atoms with Gasteiger partial charge in [0.1, 0.15) is 0 Å². The Morgan fingerprint density at radius 1 is 0.407 bits per heavy atom. The summed E-state index contributed by atoms with van der Waals surface area (Å²) in [6.45, 7) is 11.8. The van der Waals surface area contributed by atoms with E-state index < -0.39 is 0 Å². The van der Waals surface area contributed by atoms with Gasteiger partial charge in [0.25, 0.3) is 0 Å². The van der Waals surface area contributed by atoms with Crippen LogP contribution in [-0.2, 0) is 18.9 Å². The Balaban J connectivity index is -0.000000336. The number of hydrogen-bond donors (Lipinski definition) is 3. The van der Waals surface area contributed by atoms with E-state index in [0.29, 0.717) is 19.8 Å². The predicted molar refractivity (Wildman–Crippen MR) is 109 cm³/mol. The van der Waals surface area contributed by atoms with Crippen LogP contribution in [0.1, 0.15) is 59.3 Å². The van der Waals surface area contributed by atoms with Gasteiger partial charge in [-0.25, -0.2) is 0 Å². The molecule has 0 saturated carbocycles. The van der Waals surface area contributed by atoms with Gasteiger partial charge < -0.3 is 34.3 Å². The lowest BCUT2D eigenvalue weighted by Crippen LogP contribution is -2.05. The topological polar surface area (TPSA) is 97.6 Å². The van der Waals surface area contributed by atoms with Crippen LogP contribution in [0.25, 0.3) is 0 Å². The Hall–Kier alpha value is -0.280. The van der Waals surface area contributed by atoms with E-state index in [-0.39, 0.29) is 19.8 Å². The fraction of sp³-hybridized carbons (Fsp3) is 1.00. The van der Waals surface area contributed by atoms with Crippen LogP contribution in [0.2, 0.25) is 0 Å². The van der Waals surface area contributed by atoms with Crippen molar-refractivity contribution in [1.82, 2.24) is 0 Å². The molecule has 3 N–H and O–H groups in total. The molecule has 0 amide bonds. The van der Waals surface area contributed by atoms with E-state index in [4.69, 9.17) is 29.5 Å². The number of rotatable bonds is 18. The van der Waals surface area contributed by atoms with Crippen LogP contribution in [-0.4, -0.2) is 88.0 Å². The third-order valence-electron chi connectivity index (χ3n) is 3.01. The monoisotopic (exact) mass is 398 g/mol. The summed E-state index contributed by atoms with van der Waals surface area (Å²) in [5, 5.41) is 24.4. The summed E-state index contributed by atoms with van der Waals surface area (Å²) < 4.78 is 20.3. The molecule has 0 rings (SSSR count). The summed E-state index contributed by atoms with van der Waals surface area (Å²) in [6, 6.07) is 0. The maximum Gasteiger partial charge on any atom is 0.0700 e. The number of ether oxygens (including phenoxy) is 4. The quantitative estimate of drug-likeness (QED) is 0.305. The molecule has 0 bridgehead atoms. The minimum absolute atomic E-state index is 0.0278. The van der Waals surface area contributed by atoms with Crippen molar-refractivity contribution in [3.05, 3.63) is 0 Å². The van der Waals surface area contributed by atoms with Gasteiger partial charge in [-0.05, 0) is 19.3 Å². The highest BCUT2D eigenvalue weighted by Crippen LogP contribution is 1.90. The van der Waals surface area contributed by atoms with Gasteiger partial charge in [-0.3, -0.25) is 0 Å². The van der Waals surface area contributed by atoms with Gasteiger partial charge in [-0.1, -0.05) is 40.0 Å². The zero-order chi connectivity index (χ0) is 20.8. The number of aliphatic hydroxyl groups is 3. The summed E-state index contributed by atoms with van der Waals surface area (Å²) in [5.74, 6) is 0. The molecule has 0 aromatic carbocycles. The standard InChI is InChI=1S/C10H22O2.C6H14O2.C4H10O3/c1-3-5-7-11-9-10-12-8-6-4-2;1-2-3-5-8-6-4-7;5-1-3-7-4-2-6/h3-10H2,1-2H3;7H,2-6H2,1H3;5-6H,1-4H2. The number of unbranched alkanes of at least 4 members (excludes halogenated alkanes) is 3. The van der Waals surface area contributed by atoms with Crippen LogP contribution in [0.15, 0.2) is 0 Å². The van der Waals surface area contributed by atoms with Crippen molar-refractivity contribution in [2.24, 2.45) is 0 Å². The van der Waals surface area contributed by atoms with Gasteiger partial charge in [0.15, 0.2) is 0 Å². The molecule has 168 valence electrons. The van der Waals surface area contributed by atoms with Crippen LogP contribution < -0.4 is 0 Å². The molecule has 0 aliphatic carbocycles. The SMILES string of the molecule is CCCCOCCO.CCCCOCCOCCCC.OCCOCCO. The molecule has 0 saturated heterocycles. The summed E-state index contributed by atoms with van der Waals surface area (Å²) in [6.07, 6.45) is 6.99. The van der Waals surface area contributed by atoms with Crippen LogP contribution in [0.3, 0.4) is 0 Å². The molecule has 0 spiro atoms. The Bertz CT molecular complexity index is 187. The molecule has 7 heteroatoms. The van der Waals surface area contributed by atoms with Gasteiger partial charge in [0.2, 0.25) is 0 Å². The zero-order valence-electron chi connectivity index (χ0n) is 18.0. The van der Waals surface area contributed by atoms with Crippen molar-refractivity contribution in [2.75, 3.05) is 72.7 Å². The van der Waals surface area contributed by atoms with Crippen LogP contribution in [0.5, 0.6) is 0 Å². The van der Waals surface area contributed by atoms with Gasteiger partial charge in [-0.15, -0.1) is 0 Å². The van der Waals surface area contributed by atoms with E-state index in [9.17, 15) is 0 Å². The van der Waals surface area contributed by atoms with Crippen molar-refractivity contribution < 1.29 is 34.3 Å². The maximum absolute atomic E-state index is 8.24. The Labute approximate surface area is 167 Å². The average Bonchev–Trinajstić information content (AvgIpc) is 2.69. The van der Waals surface area contributed by atoms with Crippen molar-refractivity contribution in [1.29, 1.82) is 0 Å². The second-order valence-electron chi connectivity index (χ2n) is 5.68. The minimum atomic E-state index is 0.0278. The van der Waals surface area contributed by atoms with Crippen molar-refractivity contribution in [3.8, 4) is 0 Å². The highest BCUT2D eigenvalue weighted by atomic mass is 16.5. The first-order chi connectivity index (χ1) is 13.2. The van der Waals surface area contributed by atoms with Crippen molar-refractivity contribution >= 4 is 0 Å². The van der Waals surface area contributed by atoms with Gasteiger partial charge >= 0.3 is 0 Å². The van der Waals surface area contributed by atoms with Gasteiger partial charge in [0.05, 0.1) is 52.9 Å². The molecule has 0 fully saturated rings. The third-order valence-corrected chi connectivity index (χ3v) is 3.01. The second kappa shape index (κ2) is 36.6. The molecular weight excluding hydrogens is 352 g/mol. The van der Waals surface area contributed by atoms with E-state index in [2.05, 4.69) is 25.5 Å². The smallest absolute Gasteiger partial charge is 0.0700 e. The molecular formula is C20H46O7. The van der Waals surface area contributed by atoms with E-state index in [1.54, 1.807) is 0 Å². The summed E-state index contributed by atoms with van der Waals surface area (Å²) in [7, 11) is 0. The Morgan fingerprint density at radius 2 is 0.667 bits per heavy atom. The second-order valence-corrected chi connectivity index (χ2v) is 5.68. The summed E-state index contributed by atoms with van der Waals surface area (Å²) in [5.41, 5.74) is 0. The van der Waals surface area contributed by atoms with Crippen molar-refractivity contribution in [2.45, 2.75) is 59.3 Å². The highest BCUT2D eigenvalue weighted by molar-refractivity contribution is 4.35.